The van der Waals surface area contributed by atoms with E-state index < -0.39 is 0 Å². The van der Waals surface area contributed by atoms with Gasteiger partial charge in [0, 0.05) is 6.20 Å². The molecule has 0 saturated heterocycles. The Morgan fingerprint density at radius 1 is 0.960 bits per heavy atom. The summed E-state index contributed by atoms with van der Waals surface area (Å²) in [6, 6.07) is 15.2. The standard InChI is InChI=1S/C19H23N5O/c1-13(2)17(15-9-5-4-6-10-15)21-19(25)20-14(3)18-23-22-16-11-7-8-12-24(16)18/h4-14,17H,1-3H3,(H2,20,21,25). The fraction of sp³-hybridized carbons (Fsp3) is 0.316. The highest BCUT2D eigenvalue weighted by Crippen LogP contribution is 2.21. The highest BCUT2D eigenvalue weighted by Gasteiger charge is 2.21. The minimum atomic E-state index is -0.263. The largest absolute Gasteiger partial charge is 0.331 e. The minimum Gasteiger partial charge on any atom is -0.331 e. The Morgan fingerprint density at radius 2 is 1.68 bits per heavy atom. The van der Waals surface area contributed by atoms with Crippen LogP contribution in [-0.4, -0.2) is 20.6 Å². The molecule has 0 bridgehead atoms. The summed E-state index contributed by atoms with van der Waals surface area (Å²) in [6.07, 6.45) is 1.89. The van der Waals surface area contributed by atoms with Gasteiger partial charge >= 0.3 is 6.03 Å². The second-order valence-electron chi connectivity index (χ2n) is 6.46. The zero-order valence-corrected chi connectivity index (χ0v) is 14.7. The van der Waals surface area contributed by atoms with Gasteiger partial charge in [-0.15, -0.1) is 10.2 Å². The average molecular weight is 337 g/mol. The van der Waals surface area contributed by atoms with E-state index in [4.69, 9.17) is 0 Å². The highest BCUT2D eigenvalue weighted by atomic mass is 16.2. The molecule has 2 unspecified atom stereocenters. The number of fused-ring (bicyclic) bond motifs is 1. The monoisotopic (exact) mass is 337 g/mol. The van der Waals surface area contributed by atoms with Crippen LogP contribution in [-0.2, 0) is 0 Å². The number of carbonyl (C=O) groups is 1. The van der Waals surface area contributed by atoms with Crippen molar-refractivity contribution in [3.63, 3.8) is 0 Å². The predicted octanol–water partition coefficient (Wildman–Crippen LogP) is 3.49. The van der Waals surface area contributed by atoms with Crippen LogP contribution in [0.4, 0.5) is 4.79 Å². The lowest BCUT2D eigenvalue weighted by atomic mass is 9.96. The van der Waals surface area contributed by atoms with Crippen LogP contribution in [0, 0.1) is 5.92 Å². The predicted molar refractivity (Wildman–Crippen MR) is 97.1 cm³/mol. The van der Waals surface area contributed by atoms with Gasteiger partial charge < -0.3 is 10.6 Å². The van der Waals surface area contributed by atoms with Crippen LogP contribution in [0.25, 0.3) is 5.65 Å². The number of hydrogen-bond acceptors (Lipinski definition) is 3. The number of benzene rings is 1. The van der Waals surface area contributed by atoms with Gasteiger partial charge in [0.2, 0.25) is 0 Å². The molecule has 0 fully saturated rings. The first-order chi connectivity index (χ1) is 12.1. The normalized spacial score (nSPS) is 13.6. The Labute approximate surface area is 147 Å². The summed E-state index contributed by atoms with van der Waals surface area (Å²) >= 11 is 0. The molecule has 0 spiro atoms. The van der Waals surface area contributed by atoms with Crippen molar-refractivity contribution in [3.05, 3.63) is 66.1 Å². The van der Waals surface area contributed by atoms with Crippen molar-refractivity contribution in [2.75, 3.05) is 0 Å². The Hall–Kier alpha value is -2.89. The third kappa shape index (κ3) is 3.79. The zero-order chi connectivity index (χ0) is 17.8. The van der Waals surface area contributed by atoms with Crippen LogP contribution in [0.5, 0.6) is 0 Å². The molecular formula is C19H23N5O. The van der Waals surface area contributed by atoms with E-state index in [0.717, 1.165) is 11.2 Å². The number of rotatable bonds is 5. The number of nitrogens with one attached hydrogen (secondary N) is 2. The molecule has 25 heavy (non-hydrogen) atoms. The fourth-order valence-corrected chi connectivity index (χ4v) is 2.89. The van der Waals surface area contributed by atoms with Gasteiger partial charge in [0.15, 0.2) is 11.5 Å². The number of urea groups is 1. The van der Waals surface area contributed by atoms with Gasteiger partial charge in [0.05, 0.1) is 12.1 Å². The van der Waals surface area contributed by atoms with Gasteiger partial charge in [0.1, 0.15) is 0 Å². The van der Waals surface area contributed by atoms with Crippen molar-refractivity contribution in [2.45, 2.75) is 32.9 Å². The van der Waals surface area contributed by atoms with E-state index in [1.165, 1.54) is 0 Å². The van der Waals surface area contributed by atoms with E-state index in [2.05, 4.69) is 34.7 Å². The van der Waals surface area contributed by atoms with E-state index >= 15 is 0 Å². The van der Waals surface area contributed by atoms with Crippen LogP contribution in [0.15, 0.2) is 54.7 Å². The molecule has 2 N–H and O–H groups in total. The number of carbonyl (C=O) groups excluding carboxylic acids is 1. The van der Waals surface area contributed by atoms with Crippen molar-refractivity contribution in [3.8, 4) is 0 Å². The Kier molecular flexibility index (Phi) is 4.97. The molecule has 0 aliphatic carbocycles. The Balaban J connectivity index is 1.71. The SMILES string of the molecule is CC(NC(=O)NC(c1ccccc1)C(C)C)c1nnc2ccccn12. The van der Waals surface area contributed by atoms with Crippen molar-refractivity contribution >= 4 is 11.7 Å². The molecule has 0 saturated carbocycles. The topological polar surface area (TPSA) is 71.3 Å². The summed E-state index contributed by atoms with van der Waals surface area (Å²) in [5, 5.41) is 14.3. The maximum absolute atomic E-state index is 12.5. The quantitative estimate of drug-likeness (QED) is 0.749. The van der Waals surface area contributed by atoms with E-state index in [1.54, 1.807) is 0 Å². The van der Waals surface area contributed by atoms with Gasteiger partial charge in [-0.05, 0) is 30.5 Å². The molecule has 130 valence electrons. The third-order valence-corrected chi connectivity index (χ3v) is 4.19. The lowest BCUT2D eigenvalue weighted by Gasteiger charge is -2.24. The smallest absolute Gasteiger partial charge is 0.315 e. The molecule has 6 heteroatoms. The first-order valence-electron chi connectivity index (χ1n) is 8.48. The number of pyridine rings is 1. The molecule has 6 nitrogen and oxygen atoms in total. The van der Waals surface area contributed by atoms with E-state index in [9.17, 15) is 4.79 Å². The number of aromatic nitrogens is 3. The molecule has 0 radical (unpaired) electrons. The Morgan fingerprint density at radius 3 is 2.40 bits per heavy atom. The summed E-state index contributed by atoms with van der Waals surface area (Å²) in [6.45, 7) is 6.08. The summed E-state index contributed by atoms with van der Waals surface area (Å²) < 4.78 is 1.88. The van der Waals surface area contributed by atoms with Gasteiger partial charge in [-0.3, -0.25) is 4.40 Å². The van der Waals surface area contributed by atoms with Crippen molar-refractivity contribution in [1.82, 2.24) is 25.2 Å². The number of hydrogen-bond donors (Lipinski definition) is 2. The van der Waals surface area contributed by atoms with Crippen molar-refractivity contribution < 1.29 is 4.79 Å². The molecule has 3 rings (SSSR count). The number of nitrogens with zero attached hydrogens (tertiary/aromatic N) is 3. The molecular weight excluding hydrogens is 314 g/mol. The summed E-state index contributed by atoms with van der Waals surface area (Å²) in [4.78, 5) is 12.5. The average Bonchev–Trinajstić information content (AvgIpc) is 3.04. The first kappa shape index (κ1) is 17.0. The van der Waals surface area contributed by atoms with E-state index in [1.807, 2.05) is 66.1 Å². The van der Waals surface area contributed by atoms with E-state index in [0.29, 0.717) is 5.82 Å². The molecule has 2 aromatic heterocycles. The van der Waals surface area contributed by atoms with E-state index in [-0.39, 0.29) is 24.0 Å². The van der Waals surface area contributed by atoms with Crippen molar-refractivity contribution in [1.29, 1.82) is 0 Å². The lowest BCUT2D eigenvalue weighted by molar-refractivity contribution is 0.229. The zero-order valence-electron chi connectivity index (χ0n) is 14.7. The van der Waals surface area contributed by atoms with Crippen LogP contribution in [0.3, 0.4) is 0 Å². The van der Waals surface area contributed by atoms with Crippen LogP contribution in [0.1, 0.15) is 44.2 Å². The summed E-state index contributed by atoms with van der Waals surface area (Å²) in [5.74, 6) is 0.976. The van der Waals surface area contributed by atoms with Crippen LogP contribution < -0.4 is 10.6 Å². The van der Waals surface area contributed by atoms with Crippen molar-refractivity contribution in [2.24, 2.45) is 5.92 Å². The molecule has 3 aromatic rings. The maximum Gasteiger partial charge on any atom is 0.315 e. The molecule has 2 atom stereocenters. The van der Waals surface area contributed by atoms with Gasteiger partial charge in [-0.25, -0.2) is 4.79 Å². The maximum atomic E-state index is 12.5. The second kappa shape index (κ2) is 7.34. The highest BCUT2D eigenvalue weighted by molar-refractivity contribution is 5.75. The number of amides is 2. The van der Waals surface area contributed by atoms with Crippen LogP contribution in [0.2, 0.25) is 0 Å². The minimum absolute atomic E-state index is 0.0523. The lowest BCUT2D eigenvalue weighted by Crippen LogP contribution is -2.41. The second-order valence-corrected chi connectivity index (χ2v) is 6.46. The third-order valence-electron chi connectivity index (χ3n) is 4.19. The molecule has 0 aliphatic rings. The van der Waals surface area contributed by atoms with Gasteiger partial charge in [-0.2, -0.15) is 0 Å². The molecule has 0 aliphatic heterocycles. The summed E-state index contributed by atoms with van der Waals surface area (Å²) in [7, 11) is 0. The summed E-state index contributed by atoms with van der Waals surface area (Å²) in [5.41, 5.74) is 1.85. The molecule has 1 aromatic carbocycles. The van der Waals surface area contributed by atoms with Gasteiger partial charge in [-0.1, -0.05) is 50.2 Å². The fourth-order valence-electron chi connectivity index (χ4n) is 2.89. The molecule has 2 amide bonds. The molecule has 2 heterocycles. The Bertz CT molecular complexity index is 843. The van der Waals surface area contributed by atoms with Gasteiger partial charge in [0.25, 0.3) is 0 Å². The first-order valence-corrected chi connectivity index (χ1v) is 8.48. The van der Waals surface area contributed by atoms with Crippen LogP contribution >= 0.6 is 0 Å².